The third-order valence-electron chi connectivity index (χ3n) is 3.19. The van der Waals surface area contributed by atoms with Crippen molar-refractivity contribution in [1.29, 1.82) is 0 Å². The van der Waals surface area contributed by atoms with E-state index in [1.54, 1.807) is 14.0 Å². The summed E-state index contributed by atoms with van der Waals surface area (Å²) in [5.74, 6) is 0.0364. The van der Waals surface area contributed by atoms with E-state index in [0.29, 0.717) is 24.3 Å². The van der Waals surface area contributed by atoms with Crippen LogP contribution in [0.5, 0.6) is 0 Å². The summed E-state index contributed by atoms with van der Waals surface area (Å²) in [4.78, 5) is 22.5. The first-order chi connectivity index (χ1) is 9.19. The van der Waals surface area contributed by atoms with Crippen LogP contribution in [0, 0.1) is 0 Å². The van der Waals surface area contributed by atoms with Gasteiger partial charge < -0.3 is 15.4 Å². The molecule has 5 nitrogen and oxygen atoms in total. The Labute approximate surface area is 111 Å². The Balaban J connectivity index is 2.57. The van der Waals surface area contributed by atoms with Crippen molar-refractivity contribution in [2.24, 2.45) is 0 Å². The topological polar surface area (TPSA) is 67.4 Å². The molecule has 0 radical (unpaired) electrons. The molecule has 0 atom stereocenters. The number of allylic oxidation sites excluding steroid dienone is 1. The summed E-state index contributed by atoms with van der Waals surface area (Å²) in [7, 11) is 1.55. The summed E-state index contributed by atoms with van der Waals surface area (Å²) in [6.07, 6.45) is 0. The van der Waals surface area contributed by atoms with Crippen molar-refractivity contribution >= 4 is 18.0 Å². The van der Waals surface area contributed by atoms with Gasteiger partial charge in [0.1, 0.15) is 5.76 Å². The number of fused-ring (bicyclic) bond motifs is 1. The van der Waals surface area contributed by atoms with Crippen molar-refractivity contribution in [1.82, 2.24) is 10.6 Å². The summed E-state index contributed by atoms with van der Waals surface area (Å²) >= 11 is 0. The van der Waals surface area contributed by atoms with Crippen molar-refractivity contribution in [2.75, 3.05) is 7.05 Å². The van der Waals surface area contributed by atoms with Crippen molar-refractivity contribution in [3.05, 3.63) is 40.6 Å². The van der Waals surface area contributed by atoms with Gasteiger partial charge >= 0.3 is 0 Å². The first kappa shape index (κ1) is 13.3. The lowest BCUT2D eigenvalue weighted by atomic mass is 9.95. The molecule has 1 aromatic rings. The van der Waals surface area contributed by atoms with E-state index in [9.17, 15) is 9.59 Å². The van der Waals surface area contributed by atoms with Gasteiger partial charge in [0, 0.05) is 20.1 Å². The van der Waals surface area contributed by atoms with E-state index in [1.807, 2.05) is 18.2 Å². The Kier molecular flexibility index (Phi) is 3.97. The number of amides is 1. The van der Waals surface area contributed by atoms with Crippen LogP contribution in [-0.4, -0.2) is 19.4 Å². The molecule has 0 saturated heterocycles. The average Bonchev–Trinajstić information content (AvgIpc) is 2.88. The minimum absolute atomic E-state index is 0.264. The molecule has 0 saturated carbocycles. The quantitative estimate of drug-likeness (QED) is 0.480. The van der Waals surface area contributed by atoms with Gasteiger partial charge in [0.25, 0.3) is 12.4 Å². The van der Waals surface area contributed by atoms with Crippen LogP contribution in [0.15, 0.2) is 24.0 Å². The summed E-state index contributed by atoms with van der Waals surface area (Å²) in [6.45, 7) is 3.44. The third-order valence-corrected chi connectivity index (χ3v) is 3.19. The van der Waals surface area contributed by atoms with Crippen LogP contribution in [0.3, 0.4) is 0 Å². The Hall–Kier alpha value is -2.14. The maximum absolute atomic E-state index is 12.0. The molecule has 1 amide bonds. The smallest absolute Gasteiger partial charge is 0.298 e. The van der Waals surface area contributed by atoms with Crippen LogP contribution in [-0.2, 0) is 27.4 Å². The lowest BCUT2D eigenvalue weighted by Gasteiger charge is -2.13. The minimum Gasteiger partial charge on any atom is -0.433 e. The maximum atomic E-state index is 12.0. The van der Waals surface area contributed by atoms with E-state index in [-0.39, 0.29) is 5.91 Å². The van der Waals surface area contributed by atoms with Crippen LogP contribution in [0.2, 0.25) is 0 Å². The number of hydrogen-bond donors (Lipinski definition) is 2. The number of nitrogens with one attached hydrogen (secondary N) is 2. The molecule has 1 heterocycles. The van der Waals surface area contributed by atoms with Gasteiger partial charge in [0.2, 0.25) is 0 Å². The fourth-order valence-corrected chi connectivity index (χ4v) is 2.29. The molecule has 100 valence electrons. The molecular formula is C14H16N2O3. The monoisotopic (exact) mass is 260 g/mol. The molecule has 0 spiro atoms. The molecule has 0 fully saturated rings. The molecule has 0 unspecified atom stereocenters. The van der Waals surface area contributed by atoms with E-state index >= 15 is 0 Å². The molecule has 1 aliphatic heterocycles. The molecule has 2 rings (SSSR count). The number of carbonyl (C=O) groups excluding carboxylic acids is 2. The van der Waals surface area contributed by atoms with Gasteiger partial charge in [-0.05, 0) is 23.6 Å². The van der Waals surface area contributed by atoms with Crippen molar-refractivity contribution in [3.8, 4) is 0 Å². The first-order valence-corrected chi connectivity index (χ1v) is 6.04. The van der Waals surface area contributed by atoms with Crippen molar-refractivity contribution in [3.63, 3.8) is 0 Å². The predicted molar refractivity (Wildman–Crippen MR) is 70.8 cm³/mol. The Morgan fingerprint density at radius 1 is 1.42 bits per heavy atom. The fraction of sp³-hybridized carbons (Fsp3) is 0.286. The number of benzene rings is 1. The zero-order chi connectivity index (χ0) is 13.8. The van der Waals surface area contributed by atoms with Gasteiger partial charge in [-0.1, -0.05) is 18.2 Å². The van der Waals surface area contributed by atoms with Crippen LogP contribution >= 0.6 is 0 Å². The van der Waals surface area contributed by atoms with E-state index in [0.717, 1.165) is 23.2 Å². The second-order valence-corrected chi connectivity index (χ2v) is 4.27. The lowest BCUT2D eigenvalue weighted by molar-refractivity contribution is -0.124. The standard InChI is InChI=1S/C14H16N2O3/c1-9(19-8-17)13(14(18)15-2)11-5-3-4-10-6-16-7-12(10)11/h3-5,8,16H,6-7H2,1-2H3,(H,15,18)/b13-9-. The second-order valence-electron chi connectivity index (χ2n) is 4.27. The Bertz CT molecular complexity index is 550. The molecular weight excluding hydrogens is 244 g/mol. The third kappa shape index (κ3) is 2.51. The van der Waals surface area contributed by atoms with E-state index in [2.05, 4.69) is 10.6 Å². The lowest BCUT2D eigenvalue weighted by Crippen LogP contribution is -2.21. The van der Waals surface area contributed by atoms with Gasteiger partial charge in [0.05, 0.1) is 5.57 Å². The molecule has 1 aromatic carbocycles. The van der Waals surface area contributed by atoms with Crippen LogP contribution in [0.25, 0.3) is 5.57 Å². The zero-order valence-corrected chi connectivity index (χ0v) is 10.9. The number of likely N-dealkylation sites (N-methyl/N-ethyl adjacent to an activating group) is 1. The van der Waals surface area contributed by atoms with Gasteiger partial charge in [-0.3, -0.25) is 9.59 Å². The van der Waals surface area contributed by atoms with E-state index in [4.69, 9.17) is 4.74 Å². The SMILES string of the molecule is CNC(=O)/C(=C(/C)OC=O)c1cccc2c1CNC2. The van der Waals surface area contributed by atoms with Crippen molar-refractivity contribution < 1.29 is 14.3 Å². The second kappa shape index (κ2) is 5.67. The van der Waals surface area contributed by atoms with Gasteiger partial charge in [-0.2, -0.15) is 0 Å². The van der Waals surface area contributed by atoms with E-state index < -0.39 is 0 Å². The highest BCUT2D eigenvalue weighted by Gasteiger charge is 2.22. The van der Waals surface area contributed by atoms with Crippen molar-refractivity contribution in [2.45, 2.75) is 20.0 Å². The van der Waals surface area contributed by atoms with Gasteiger partial charge in [0.15, 0.2) is 0 Å². The highest BCUT2D eigenvalue weighted by molar-refractivity contribution is 6.20. The summed E-state index contributed by atoms with van der Waals surface area (Å²) in [5.41, 5.74) is 3.45. The van der Waals surface area contributed by atoms with Crippen LogP contribution in [0.1, 0.15) is 23.6 Å². The molecule has 0 aromatic heterocycles. The number of hydrogen-bond acceptors (Lipinski definition) is 4. The average molecular weight is 260 g/mol. The van der Waals surface area contributed by atoms with Crippen LogP contribution < -0.4 is 10.6 Å². The maximum Gasteiger partial charge on any atom is 0.298 e. The molecule has 2 N–H and O–H groups in total. The summed E-state index contributed by atoms with van der Waals surface area (Å²) in [5, 5.41) is 5.83. The molecule has 1 aliphatic rings. The summed E-state index contributed by atoms with van der Waals surface area (Å²) < 4.78 is 4.86. The predicted octanol–water partition coefficient (Wildman–Crippen LogP) is 0.940. The zero-order valence-electron chi connectivity index (χ0n) is 10.9. The summed E-state index contributed by atoms with van der Waals surface area (Å²) in [6, 6.07) is 5.79. The minimum atomic E-state index is -0.264. The van der Waals surface area contributed by atoms with E-state index in [1.165, 1.54) is 0 Å². The Morgan fingerprint density at radius 3 is 2.89 bits per heavy atom. The largest absolute Gasteiger partial charge is 0.433 e. The fourth-order valence-electron chi connectivity index (χ4n) is 2.29. The Morgan fingerprint density at radius 2 is 2.21 bits per heavy atom. The van der Waals surface area contributed by atoms with Gasteiger partial charge in [-0.15, -0.1) is 0 Å². The molecule has 5 heteroatoms. The number of rotatable bonds is 4. The van der Waals surface area contributed by atoms with Crippen LogP contribution in [0.4, 0.5) is 0 Å². The highest BCUT2D eigenvalue weighted by Crippen LogP contribution is 2.28. The number of carbonyl (C=O) groups is 2. The molecule has 0 bridgehead atoms. The molecule has 19 heavy (non-hydrogen) atoms. The first-order valence-electron chi connectivity index (χ1n) is 6.04. The normalized spacial score (nSPS) is 14.4. The highest BCUT2D eigenvalue weighted by atomic mass is 16.5. The molecule has 0 aliphatic carbocycles. The van der Waals surface area contributed by atoms with Gasteiger partial charge in [-0.25, -0.2) is 0 Å². The number of ether oxygens (including phenoxy) is 1.